The number of nitrogens with zero attached hydrogens (tertiary/aromatic N) is 1. The summed E-state index contributed by atoms with van der Waals surface area (Å²) in [5, 5.41) is 9.64. The maximum atomic E-state index is 12.4. The van der Waals surface area contributed by atoms with E-state index in [1.807, 2.05) is 4.90 Å². The van der Waals surface area contributed by atoms with E-state index in [4.69, 9.17) is 5.73 Å². The Balaban J connectivity index is 2.11. The van der Waals surface area contributed by atoms with Crippen LogP contribution >= 0.6 is 0 Å². The van der Waals surface area contributed by atoms with Crippen molar-refractivity contribution in [2.24, 2.45) is 11.7 Å². The van der Waals surface area contributed by atoms with Gasteiger partial charge >= 0.3 is 0 Å². The van der Waals surface area contributed by atoms with E-state index in [2.05, 4.69) is 0 Å². The number of hydrogen-bond donors (Lipinski definition) is 2. The molecule has 3 N–H and O–H groups in total. The minimum atomic E-state index is 0.0166. The molecule has 0 bridgehead atoms. The first-order valence-corrected chi connectivity index (χ1v) is 6.41. The van der Waals surface area contributed by atoms with E-state index in [9.17, 15) is 9.90 Å². The zero-order valence-corrected chi connectivity index (χ0v) is 10.7. The van der Waals surface area contributed by atoms with Gasteiger partial charge in [0.05, 0.1) is 0 Å². The largest absolute Gasteiger partial charge is 0.508 e. The monoisotopic (exact) mass is 248 g/mol. The molecule has 4 nitrogen and oxygen atoms in total. The fourth-order valence-electron chi connectivity index (χ4n) is 2.51. The molecule has 1 fully saturated rings. The Morgan fingerprint density at radius 1 is 1.56 bits per heavy atom. The van der Waals surface area contributed by atoms with Crippen molar-refractivity contribution in [3.05, 3.63) is 29.3 Å². The van der Waals surface area contributed by atoms with Gasteiger partial charge < -0.3 is 15.7 Å². The summed E-state index contributed by atoms with van der Waals surface area (Å²) in [7, 11) is 0. The summed E-state index contributed by atoms with van der Waals surface area (Å²) in [5.41, 5.74) is 6.81. The lowest BCUT2D eigenvalue weighted by atomic mass is 10.1. The molecule has 1 atom stereocenters. The molecule has 1 amide bonds. The van der Waals surface area contributed by atoms with Crippen molar-refractivity contribution in [2.75, 3.05) is 19.6 Å². The Hall–Kier alpha value is -1.55. The highest BCUT2D eigenvalue weighted by Gasteiger charge is 2.27. The molecule has 0 radical (unpaired) electrons. The van der Waals surface area contributed by atoms with Gasteiger partial charge in [-0.2, -0.15) is 0 Å². The molecule has 1 aromatic rings. The van der Waals surface area contributed by atoms with Crippen LogP contribution in [0.3, 0.4) is 0 Å². The molecule has 18 heavy (non-hydrogen) atoms. The fourth-order valence-corrected chi connectivity index (χ4v) is 2.51. The molecular formula is C14H20N2O2. The lowest BCUT2D eigenvalue weighted by Gasteiger charge is -2.18. The van der Waals surface area contributed by atoms with Crippen molar-refractivity contribution in [2.45, 2.75) is 19.8 Å². The van der Waals surface area contributed by atoms with Crippen molar-refractivity contribution < 1.29 is 9.90 Å². The van der Waals surface area contributed by atoms with Gasteiger partial charge in [0.1, 0.15) is 5.75 Å². The molecule has 0 aliphatic carbocycles. The third-order valence-corrected chi connectivity index (χ3v) is 3.68. The first-order chi connectivity index (χ1) is 8.63. The van der Waals surface area contributed by atoms with Crippen LogP contribution < -0.4 is 5.73 Å². The Bertz CT molecular complexity index is 445. The second-order valence-electron chi connectivity index (χ2n) is 4.93. The van der Waals surface area contributed by atoms with Crippen molar-refractivity contribution in [1.29, 1.82) is 0 Å². The molecule has 0 spiro atoms. The number of aromatic hydroxyl groups is 1. The number of carbonyl (C=O) groups excluding carboxylic acids is 1. The summed E-state index contributed by atoms with van der Waals surface area (Å²) in [4.78, 5) is 14.2. The molecule has 2 rings (SSSR count). The highest BCUT2D eigenvalue weighted by atomic mass is 16.3. The Labute approximate surface area is 107 Å². The predicted molar refractivity (Wildman–Crippen MR) is 70.5 cm³/mol. The number of phenolic OH excluding ortho intramolecular Hbond substituents is 1. The van der Waals surface area contributed by atoms with Crippen molar-refractivity contribution in [3.8, 4) is 5.75 Å². The van der Waals surface area contributed by atoms with Crippen LogP contribution in [0.1, 0.15) is 28.8 Å². The average molecular weight is 248 g/mol. The van der Waals surface area contributed by atoms with Gasteiger partial charge in [0.25, 0.3) is 5.91 Å². The highest BCUT2D eigenvalue weighted by molar-refractivity contribution is 5.96. The topological polar surface area (TPSA) is 66.6 Å². The minimum absolute atomic E-state index is 0.0166. The van der Waals surface area contributed by atoms with E-state index in [-0.39, 0.29) is 11.7 Å². The Kier molecular flexibility index (Phi) is 3.87. The van der Waals surface area contributed by atoms with Gasteiger partial charge in [-0.25, -0.2) is 0 Å². The summed E-state index contributed by atoms with van der Waals surface area (Å²) in [6.07, 6.45) is 2.00. The molecule has 1 aliphatic heterocycles. The molecule has 4 heteroatoms. The van der Waals surface area contributed by atoms with E-state index < -0.39 is 0 Å². The van der Waals surface area contributed by atoms with Gasteiger partial charge in [0.2, 0.25) is 0 Å². The average Bonchev–Trinajstić information content (AvgIpc) is 2.81. The number of rotatable bonds is 3. The van der Waals surface area contributed by atoms with Crippen LogP contribution in [0, 0.1) is 12.8 Å². The standard InChI is InChI=1S/C14H20N2O2/c1-10-12(3-2-4-13(10)17)14(18)16-8-6-11(9-16)5-7-15/h2-4,11,17H,5-9,15H2,1H3. The van der Waals surface area contributed by atoms with Crippen molar-refractivity contribution in [1.82, 2.24) is 4.90 Å². The van der Waals surface area contributed by atoms with Crippen LogP contribution in [0.2, 0.25) is 0 Å². The Morgan fingerprint density at radius 2 is 2.33 bits per heavy atom. The van der Waals surface area contributed by atoms with E-state index in [0.29, 0.717) is 23.6 Å². The fraction of sp³-hybridized carbons (Fsp3) is 0.500. The van der Waals surface area contributed by atoms with E-state index >= 15 is 0 Å². The van der Waals surface area contributed by atoms with Crippen LogP contribution in [0.15, 0.2) is 18.2 Å². The lowest BCUT2D eigenvalue weighted by molar-refractivity contribution is 0.0785. The van der Waals surface area contributed by atoms with Crippen LogP contribution in [0.5, 0.6) is 5.75 Å². The SMILES string of the molecule is Cc1c(O)cccc1C(=O)N1CCC(CCN)C1. The van der Waals surface area contributed by atoms with Crippen molar-refractivity contribution in [3.63, 3.8) is 0 Å². The summed E-state index contributed by atoms with van der Waals surface area (Å²) in [6, 6.07) is 5.09. The maximum absolute atomic E-state index is 12.4. The second-order valence-corrected chi connectivity index (χ2v) is 4.93. The smallest absolute Gasteiger partial charge is 0.254 e. The van der Waals surface area contributed by atoms with Gasteiger partial charge in [-0.15, -0.1) is 0 Å². The van der Waals surface area contributed by atoms with Gasteiger partial charge in [0, 0.05) is 24.2 Å². The molecule has 1 unspecified atom stereocenters. The zero-order valence-electron chi connectivity index (χ0n) is 10.7. The molecule has 0 saturated carbocycles. The zero-order chi connectivity index (χ0) is 13.1. The van der Waals surface area contributed by atoms with Gasteiger partial charge in [-0.3, -0.25) is 4.79 Å². The van der Waals surface area contributed by atoms with Crippen LogP contribution in [-0.4, -0.2) is 35.5 Å². The number of likely N-dealkylation sites (tertiary alicyclic amines) is 1. The highest BCUT2D eigenvalue weighted by Crippen LogP contribution is 2.25. The third-order valence-electron chi connectivity index (χ3n) is 3.68. The number of amides is 1. The molecule has 1 saturated heterocycles. The summed E-state index contributed by atoms with van der Waals surface area (Å²) >= 11 is 0. The van der Waals surface area contributed by atoms with Crippen LogP contribution in [0.4, 0.5) is 0 Å². The van der Waals surface area contributed by atoms with Crippen LogP contribution in [0.25, 0.3) is 0 Å². The number of carbonyl (C=O) groups is 1. The predicted octanol–water partition coefficient (Wildman–Crippen LogP) is 1.51. The van der Waals surface area contributed by atoms with E-state index in [1.54, 1.807) is 25.1 Å². The van der Waals surface area contributed by atoms with Gasteiger partial charge in [0.15, 0.2) is 0 Å². The van der Waals surface area contributed by atoms with E-state index in [0.717, 1.165) is 25.9 Å². The normalized spacial score (nSPS) is 19.2. The number of hydrogen-bond acceptors (Lipinski definition) is 3. The maximum Gasteiger partial charge on any atom is 0.254 e. The summed E-state index contributed by atoms with van der Waals surface area (Å²) in [6.45, 7) is 4.03. The first kappa shape index (κ1) is 12.9. The number of nitrogens with two attached hydrogens (primary N) is 1. The summed E-state index contributed by atoms with van der Waals surface area (Å²) in [5.74, 6) is 0.720. The number of benzene rings is 1. The molecule has 98 valence electrons. The molecular weight excluding hydrogens is 228 g/mol. The molecule has 1 aliphatic rings. The van der Waals surface area contributed by atoms with Crippen LogP contribution in [-0.2, 0) is 0 Å². The Morgan fingerprint density at radius 3 is 3.06 bits per heavy atom. The molecule has 1 aromatic carbocycles. The minimum Gasteiger partial charge on any atom is -0.508 e. The first-order valence-electron chi connectivity index (χ1n) is 6.41. The van der Waals surface area contributed by atoms with Crippen molar-refractivity contribution >= 4 is 5.91 Å². The number of phenols is 1. The molecule has 0 aromatic heterocycles. The van der Waals surface area contributed by atoms with E-state index in [1.165, 1.54) is 0 Å². The van der Waals surface area contributed by atoms with Gasteiger partial charge in [-0.05, 0) is 44.4 Å². The quantitative estimate of drug-likeness (QED) is 0.852. The molecule has 1 heterocycles. The second kappa shape index (κ2) is 5.40. The summed E-state index contributed by atoms with van der Waals surface area (Å²) < 4.78 is 0. The third kappa shape index (κ3) is 2.48. The van der Waals surface area contributed by atoms with Gasteiger partial charge in [-0.1, -0.05) is 6.07 Å². The lowest BCUT2D eigenvalue weighted by Crippen LogP contribution is -2.29.